The number of aliphatic carboxylic acids is 1. The number of nitrogens with zero attached hydrogens (tertiary/aromatic N) is 1. The topological polar surface area (TPSA) is 106 Å². The molecule has 0 aromatic heterocycles. The summed E-state index contributed by atoms with van der Waals surface area (Å²) in [4.78, 5) is 20.3. The highest BCUT2D eigenvalue weighted by atomic mass is 35.5. The third-order valence-electron chi connectivity index (χ3n) is 1.93. The number of hydrogen-bond acceptors (Lipinski definition) is 4. The largest absolute Gasteiger partial charge is 0.481 e. The second-order valence-corrected chi connectivity index (χ2v) is 3.60. The highest BCUT2D eigenvalue weighted by Crippen LogP contribution is 2.29. The van der Waals surface area contributed by atoms with Gasteiger partial charge in [0.1, 0.15) is 5.69 Å². The third kappa shape index (κ3) is 3.46. The van der Waals surface area contributed by atoms with Gasteiger partial charge in [-0.3, -0.25) is 14.9 Å². The van der Waals surface area contributed by atoms with E-state index in [4.69, 9.17) is 22.4 Å². The molecule has 6 nitrogen and oxygen atoms in total. The molecule has 0 aliphatic carbocycles. The van der Waals surface area contributed by atoms with Crippen LogP contribution in [0.5, 0.6) is 0 Å². The molecule has 1 aromatic rings. The molecule has 0 aliphatic rings. The Labute approximate surface area is 101 Å². The molecule has 0 saturated carbocycles. The fraction of sp³-hybridized carbons (Fsp3) is 0.100. The van der Waals surface area contributed by atoms with E-state index in [9.17, 15) is 14.9 Å². The summed E-state index contributed by atoms with van der Waals surface area (Å²) in [5.74, 6) is -0.998. The predicted molar refractivity (Wildman–Crippen MR) is 63.8 cm³/mol. The zero-order valence-electron chi connectivity index (χ0n) is 8.59. The van der Waals surface area contributed by atoms with Crippen molar-refractivity contribution < 1.29 is 14.8 Å². The van der Waals surface area contributed by atoms with E-state index in [1.165, 1.54) is 24.3 Å². The Morgan fingerprint density at radius 2 is 2.24 bits per heavy atom. The molecule has 3 N–H and O–H groups in total. The second kappa shape index (κ2) is 5.31. The minimum Gasteiger partial charge on any atom is -0.481 e. The van der Waals surface area contributed by atoms with Gasteiger partial charge in [0.25, 0.3) is 5.69 Å². The lowest BCUT2D eigenvalue weighted by Crippen LogP contribution is -1.96. The third-order valence-corrected chi connectivity index (χ3v) is 2.26. The maximum atomic E-state index is 10.6. The number of nitro benzene ring substituents is 1. The molecule has 0 atom stereocenters. The van der Waals surface area contributed by atoms with E-state index in [1.54, 1.807) is 0 Å². The first-order valence-electron chi connectivity index (χ1n) is 4.53. The van der Waals surface area contributed by atoms with Gasteiger partial charge in [-0.1, -0.05) is 23.8 Å². The van der Waals surface area contributed by atoms with Crippen LogP contribution < -0.4 is 5.73 Å². The van der Waals surface area contributed by atoms with E-state index in [0.717, 1.165) is 0 Å². The van der Waals surface area contributed by atoms with Crippen LogP contribution in [0.25, 0.3) is 6.08 Å². The number of carboxylic acid groups (broad SMARTS) is 1. The number of nitro groups is 1. The van der Waals surface area contributed by atoms with E-state index in [2.05, 4.69) is 0 Å². The summed E-state index contributed by atoms with van der Waals surface area (Å²) in [5, 5.41) is 19.3. The number of benzene rings is 1. The quantitative estimate of drug-likeness (QED) is 0.488. The molecule has 0 spiro atoms. The molecule has 0 bridgehead atoms. The number of anilines is 1. The first kappa shape index (κ1) is 13.0. The van der Waals surface area contributed by atoms with Crippen molar-refractivity contribution in [2.75, 3.05) is 5.73 Å². The van der Waals surface area contributed by atoms with E-state index in [-0.39, 0.29) is 22.8 Å². The van der Waals surface area contributed by atoms with E-state index < -0.39 is 10.9 Å². The van der Waals surface area contributed by atoms with Gasteiger partial charge in [0.05, 0.1) is 16.4 Å². The zero-order chi connectivity index (χ0) is 13.0. The van der Waals surface area contributed by atoms with Crippen LogP contribution in [0.2, 0.25) is 5.02 Å². The predicted octanol–water partition coefficient (Wildman–Crippen LogP) is 2.32. The fourth-order valence-corrected chi connectivity index (χ4v) is 1.40. The molecule has 90 valence electrons. The van der Waals surface area contributed by atoms with Gasteiger partial charge in [-0.05, 0) is 11.6 Å². The van der Waals surface area contributed by atoms with Crippen LogP contribution in [-0.2, 0) is 4.79 Å². The van der Waals surface area contributed by atoms with Crippen LogP contribution in [0.15, 0.2) is 18.2 Å². The molecule has 7 heteroatoms. The van der Waals surface area contributed by atoms with E-state index in [0.29, 0.717) is 5.56 Å². The van der Waals surface area contributed by atoms with Crippen molar-refractivity contribution in [3.63, 3.8) is 0 Å². The SMILES string of the molecule is Nc1cc(Cl)c(C=CCC(=O)O)cc1[N+](=O)[O-]. The number of nitrogens with two attached hydrogens (primary N) is 1. The molecule has 1 rings (SSSR count). The Morgan fingerprint density at radius 3 is 2.76 bits per heavy atom. The Hall–Kier alpha value is -2.08. The van der Waals surface area contributed by atoms with Crippen molar-refractivity contribution in [1.82, 2.24) is 0 Å². The maximum absolute atomic E-state index is 10.6. The number of carboxylic acids is 1. The number of hydrogen-bond donors (Lipinski definition) is 2. The van der Waals surface area contributed by atoms with Crippen molar-refractivity contribution >= 4 is 35.0 Å². The number of rotatable bonds is 4. The molecule has 0 radical (unpaired) electrons. The van der Waals surface area contributed by atoms with Gasteiger partial charge < -0.3 is 10.8 Å². The van der Waals surface area contributed by atoms with Crippen molar-refractivity contribution in [1.29, 1.82) is 0 Å². The minimum absolute atomic E-state index is 0.0321. The summed E-state index contributed by atoms with van der Waals surface area (Å²) >= 11 is 5.82. The Morgan fingerprint density at radius 1 is 1.59 bits per heavy atom. The number of nitrogen functional groups attached to an aromatic ring is 1. The molecular weight excluding hydrogens is 248 g/mol. The van der Waals surface area contributed by atoms with Crippen molar-refractivity contribution in [3.8, 4) is 0 Å². The standard InChI is InChI=1S/C10H9ClN2O4/c11-7-5-8(12)9(13(16)17)4-6(7)2-1-3-10(14)15/h1-2,4-5H,3,12H2,(H,14,15). The Balaban J connectivity index is 3.07. The molecule has 0 unspecified atom stereocenters. The van der Waals surface area contributed by atoms with Gasteiger partial charge in [-0.25, -0.2) is 0 Å². The highest BCUT2D eigenvalue weighted by Gasteiger charge is 2.13. The molecule has 1 aromatic carbocycles. The molecule has 17 heavy (non-hydrogen) atoms. The zero-order valence-corrected chi connectivity index (χ0v) is 9.35. The fourth-order valence-electron chi connectivity index (χ4n) is 1.17. The van der Waals surface area contributed by atoms with Crippen LogP contribution in [0.1, 0.15) is 12.0 Å². The van der Waals surface area contributed by atoms with E-state index in [1.807, 2.05) is 0 Å². The lowest BCUT2D eigenvalue weighted by Gasteiger charge is -2.01. The van der Waals surface area contributed by atoms with Crippen molar-refractivity contribution in [3.05, 3.63) is 38.9 Å². The van der Waals surface area contributed by atoms with Crippen LogP contribution in [0.3, 0.4) is 0 Å². The summed E-state index contributed by atoms with van der Waals surface area (Å²) < 4.78 is 0. The molecule has 0 saturated heterocycles. The van der Waals surface area contributed by atoms with Crippen LogP contribution in [0, 0.1) is 10.1 Å². The summed E-state index contributed by atoms with van der Waals surface area (Å²) in [7, 11) is 0. The molecule has 0 aliphatic heterocycles. The number of halogens is 1. The maximum Gasteiger partial charge on any atom is 0.307 e. The average Bonchev–Trinajstić information content (AvgIpc) is 2.20. The van der Waals surface area contributed by atoms with Gasteiger partial charge in [-0.2, -0.15) is 0 Å². The average molecular weight is 257 g/mol. The summed E-state index contributed by atoms with van der Waals surface area (Å²) in [6, 6.07) is 2.47. The Kier molecular flexibility index (Phi) is 4.06. The Bertz CT molecular complexity index is 499. The minimum atomic E-state index is -0.998. The first-order chi connectivity index (χ1) is 7.91. The monoisotopic (exact) mass is 256 g/mol. The summed E-state index contributed by atoms with van der Waals surface area (Å²) in [6.45, 7) is 0. The van der Waals surface area contributed by atoms with Gasteiger partial charge in [0.15, 0.2) is 0 Å². The van der Waals surface area contributed by atoms with Gasteiger partial charge >= 0.3 is 5.97 Å². The summed E-state index contributed by atoms with van der Waals surface area (Å²) in [5.41, 5.74) is 5.49. The summed E-state index contributed by atoms with van der Waals surface area (Å²) in [6.07, 6.45) is 2.57. The van der Waals surface area contributed by atoms with Crippen LogP contribution in [-0.4, -0.2) is 16.0 Å². The molecular formula is C10H9ClN2O4. The number of carbonyl (C=O) groups is 1. The van der Waals surface area contributed by atoms with E-state index >= 15 is 0 Å². The van der Waals surface area contributed by atoms with Crippen molar-refractivity contribution in [2.24, 2.45) is 0 Å². The second-order valence-electron chi connectivity index (χ2n) is 3.19. The lowest BCUT2D eigenvalue weighted by molar-refractivity contribution is -0.383. The van der Waals surface area contributed by atoms with Crippen LogP contribution in [0.4, 0.5) is 11.4 Å². The van der Waals surface area contributed by atoms with Crippen molar-refractivity contribution in [2.45, 2.75) is 6.42 Å². The molecule has 0 heterocycles. The first-order valence-corrected chi connectivity index (χ1v) is 4.91. The molecule has 0 fully saturated rings. The van der Waals surface area contributed by atoms with Crippen LogP contribution >= 0.6 is 11.6 Å². The molecule has 0 amide bonds. The highest BCUT2D eigenvalue weighted by molar-refractivity contribution is 6.32. The lowest BCUT2D eigenvalue weighted by atomic mass is 10.1. The van der Waals surface area contributed by atoms with Gasteiger partial charge in [-0.15, -0.1) is 0 Å². The smallest absolute Gasteiger partial charge is 0.307 e. The normalized spacial score (nSPS) is 10.6. The van der Waals surface area contributed by atoms with Gasteiger partial charge in [0, 0.05) is 6.07 Å². The van der Waals surface area contributed by atoms with Gasteiger partial charge in [0.2, 0.25) is 0 Å².